The number of carbonyl (C=O) groups excluding carboxylic acids is 1. The number of methoxy groups -OCH3 is 1. The lowest BCUT2D eigenvalue weighted by atomic mass is 10.2. The van der Waals surface area contributed by atoms with Crippen LogP contribution >= 0.6 is 0 Å². The van der Waals surface area contributed by atoms with Gasteiger partial charge in [0.15, 0.2) is 6.61 Å². The zero-order valence-corrected chi connectivity index (χ0v) is 17.2. The van der Waals surface area contributed by atoms with E-state index in [0.29, 0.717) is 43.5 Å². The summed E-state index contributed by atoms with van der Waals surface area (Å²) >= 11 is 0. The first kappa shape index (κ1) is 21.1. The van der Waals surface area contributed by atoms with Gasteiger partial charge in [-0.25, -0.2) is 8.42 Å². The first-order valence-corrected chi connectivity index (χ1v) is 10.6. The van der Waals surface area contributed by atoms with E-state index >= 15 is 0 Å². The molecule has 29 heavy (non-hydrogen) atoms. The Hall–Kier alpha value is -2.62. The molecule has 2 aromatic rings. The Morgan fingerprint density at radius 2 is 1.76 bits per heavy atom. The minimum atomic E-state index is -3.64. The van der Waals surface area contributed by atoms with Crippen molar-refractivity contribution in [1.82, 2.24) is 4.31 Å². The molecule has 1 aliphatic heterocycles. The zero-order valence-electron chi connectivity index (χ0n) is 16.4. The molecule has 0 bridgehead atoms. The number of amides is 1. The van der Waals surface area contributed by atoms with Gasteiger partial charge in [-0.1, -0.05) is 6.07 Å². The fourth-order valence-corrected chi connectivity index (χ4v) is 4.27. The van der Waals surface area contributed by atoms with E-state index in [0.717, 1.165) is 5.56 Å². The third kappa shape index (κ3) is 5.26. The summed E-state index contributed by atoms with van der Waals surface area (Å²) in [6.07, 6.45) is 0. The van der Waals surface area contributed by atoms with Crippen LogP contribution in [0, 0.1) is 6.92 Å². The Labute approximate surface area is 170 Å². The van der Waals surface area contributed by atoms with Crippen LogP contribution < -0.4 is 14.8 Å². The summed E-state index contributed by atoms with van der Waals surface area (Å²) in [5.41, 5.74) is 1.19. The van der Waals surface area contributed by atoms with Crippen molar-refractivity contribution < 1.29 is 27.4 Å². The fraction of sp³-hybridized carbons (Fsp3) is 0.350. The predicted molar refractivity (Wildman–Crippen MR) is 108 cm³/mol. The SMILES string of the molecule is COc1ccc(OCC(=O)Nc2cc(S(=O)(=O)N3CCOCC3)ccc2C)cc1. The Balaban J connectivity index is 1.66. The van der Waals surface area contributed by atoms with E-state index in [9.17, 15) is 13.2 Å². The molecule has 3 rings (SSSR count). The smallest absolute Gasteiger partial charge is 0.262 e. The van der Waals surface area contributed by atoms with Gasteiger partial charge in [0.2, 0.25) is 10.0 Å². The molecule has 0 radical (unpaired) electrons. The number of nitrogens with one attached hydrogen (secondary N) is 1. The molecule has 1 N–H and O–H groups in total. The third-order valence-electron chi connectivity index (χ3n) is 4.52. The number of carbonyl (C=O) groups is 1. The van der Waals surface area contributed by atoms with E-state index in [2.05, 4.69) is 5.32 Å². The maximum Gasteiger partial charge on any atom is 0.262 e. The largest absolute Gasteiger partial charge is 0.497 e. The first-order valence-electron chi connectivity index (χ1n) is 9.15. The number of aryl methyl sites for hydroxylation is 1. The van der Waals surface area contributed by atoms with Crippen molar-refractivity contribution in [2.75, 3.05) is 45.3 Å². The zero-order chi connectivity index (χ0) is 20.9. The van der Waals surface area contributed by atoms with Gasteiger partial charge in [-0.05, 0) is 48.9 Å². The number of ether oxygens (including phenoxy) is 3. The summed E-state index contributed by atoms with van der Waals surface area (Å²) in [7, 11) is -2.07. The van der Waals surface area contributed by atoms with Gasteiger partial charge in [0.05, 0.1) is 25.2 Å². The Morgan fingerprint density at radius 3 is 2.41 bits per heavy atom. The molecule has 1 aliphatic rings. The molecule has 1 amide bonds. The average Bonchev–Trinajstić information content (AvgIpc) is 2.74. The molecule has 1 fully saturated rings. The van der Waals surface area contributed by atoms with Gasteiger partial charge < -0.3 is 19.5 Å². The second-order valence-corrected chi connectivity index (χ2v) is 8.44. The maximum absolute atomic E-state index is 12.8. The van der Waals surface area contributed by atoms with E-state index in [4.69, 9.17) is 14.2 Å². The van der Waals surface area contributed by atoms with Crippen LogP contribution in [-0.2, 0) is 19.6 Å². The summed E-state index contributed by atoms with van der Waals surface area (Å²) in [4.78, 5) is 12.4. The second kappa shape index (κ2) is 9.25. The summed E-state index contributed by atoms with van der Waals surface area (Å²) in [5, 5.41) is 2.72. The topological polar surface area (TPSA) is 94.2 Å². The molecule has 0 atom stereocenters. The lowest BCUT2D eigenvalue weighted by molar-refractivity contribution is -0.118. The van der Waals surface area contributed by atoms with Crippen molar-refractivity contribution in [2.24, 2.45) is 0 Å². The lowest BCUT2D eigenvalue weighted by Crippen LogP contribution is -2.40. The summed E-state index contributed by atoms with van der Waals surface area (Å²) < 4.78 is 42.8. The number of rotatable bonds is 7. The highest BCUT2D eigenvalue weighted by molar-refractivity contribution is 7.89. The Morgan fingerprint density at radius 1 is 1.10 bits per heavy atom. The number of benzene rings is 2. The van der Waals surface area contributed by atoms with Gasteiger partial charge in [-0.3, -0.25) is 4.79 Å². The van der Waals surface area contributed by atoms with Crippen molar-refractivity contribution in [3.63, 3.8) is 0 Å². The predicted octanol–water partition coefficient (Wildman–Crippen LogP) is 2.04. The molecule has 0 saturated carbocycles. The molecule has 1 saturated heterocycles. The van der Waals surface area contributed by atoms with Crippen molar-refractivity contribution in [1.29, 1.82) is 0 Å². The van der Waals surface area contributed by atoms with E-state index in [-0.39, 0.29) is 17.4 Å². The van der Waals surface area contributed by atoms with Crippen LogP contribution in [0.2, 0.25) is 0 Å². The number of sulfonamides is 1. The lowest BCUT2D eigenvalue weighted by Gasteiger charge is -2.26. The van der Waals surface area contributed by atoms with Crippen molar-refractivity contribution >= 4 is 21.6 Å². The molecular weight excluding hydrogens is 396 g/mol. The Kier molecular flexibility index (Phi) is 6.73. The molecule has 0 spiro atoms. The van der Waals surface area contributed by atoms with E-state index in [1.807, 2.05) is 0 Å². The molecular formula is C20H24N2O6S. The molecule has 9 heteroatoms. The highest BCUT2D eigenvalue weighted by Crippen LogP contribution is 2.24. The second-order valence-electron chi connectivity index (χ2n) is 6.51. The van der Waals surface area contributed by atoms with Gasteiger partial charge in [-0.15, -0.1) is 0 Å². The van der Waals surface area contributed by atoms with Gasteiger partial charge in [0.25, 0.3) is 5.91 Å². The van der Waals surface area contributed by atoms with Gasteiger partial charge in [-0.2, -0.15) is 4.31 Å². The van der Waals surface area contributed by atoms with E-state index in [1.54, 1.807) is 50.4 Å². The molecule has 1 heterocycles. The average molecular weight is 420 g/mol. The minimum absolute atomic E-state index is 0.136. The van der Waals surface area contributed by atoms with Crippen LogP contribution in [0.1, 0.15) is 5.56 Å². The summed E-state index contributed by atoms with van der Waals surface area (Å²) in [6, 6.07) is 11.6. The number of hydrogen-bond acceptors (Lipinski definition) is 6. The number of hydrogen-bond donors (Lipinski definition) is 1. The van der Waals surface area contributed by atoms with Crippen molar-refractivity contribution in [3.05, 3.63) is 48.0 Å². The van der Waals surface area contributed by atoms with Crippen molar-refractivity contribution in [3.8, 4) is 11.5 Å². The van der Waals surface area contributed by atoms with Gasteiger partial charge in [0, 0.05) is 18.8 Å². The number of anilines is 1. The molecule has 2 aromatic carbocycles. The van der Waals surface area contributed by atoms with Gasteiger partial charge in [0.1, 0.15) is 11.5 Å². The van der Waals surface area contributed by atoms with Gasteiger partial charge >= 0.3 is 0 Å². The van der Waals surface area contributed by atoms with Crippen LogP contribution in [0.15, 0.2) is 47.4 Å². The highest BCUT2D eigenvalue weighted by atomic mass is 32.2. The highest BCUT2D eigenvalue weighted by Gasteiger charge is 2.26. The fourth-order valence-electron chi connectivity index (χ4n) is 2.84. The maximum atomic E-state index is 12.8. The Bertz CT molecular complexity index is 953. The molecule has 0 aliphatic carbocycles. The number of morpholine rings is 1. The summed E-state index contributed by atoms with van der Waals surface area (Å²) in [5.74, 6) is 0.835. The molecule has 156 valence electrons. The van der Waals surface area contributed by atoms with Crippen LogP contribution in [0.4, 0.5) is 5.69 Å². The normalized spacial score (nSPS) is 15.0. The summed E-state index contributed by atoms with van der Waals surface area (Å²) in [6.45, 7) is 2.97. The number of nitrogens with zero attached hydrogens (tertiary/aromatic N) is 1. The van der Waals surface area contributed by atoms with Crippen LogP contribution in [0.5, 0.6) is 11.5 Å². The van der Waals surface area contributed by atoms with E-state index < -0.39 is 10.0 Å². The van der Waals surface area contributed by atoms with E-state index in [1.165, 1.54) is 10.4 Å². The van der Waals surface area contributed by atoms with Crippen LogP contribution in [0.3, 0.4) is 0 Å². The monoisotopic (exact) mass is 420 g/mol. The van der Waals surface area contributed by atoms with Crippen LogP contribution in [0.25, 0.3) is 0 Å². The first-order chi connectivity index (χ1) is 13.9. The van der Waals surface area contributed by atoms with Crippen molar-refractivity contribution in [2.45, 2.75) is 11.8 Å². The molecule has 0 aromatic heterocycles. The molecule has 8 nitrogen and oxygen atoms in total. The third-order valence-corrected chi connectivity index (χ3v) is 6.41. The minimum Gasteiger partial charge on any atom is -0.497 e. The molecule has 0 unspecified atom stereocenters. The standard InChI is InChI=1S/C20H24N2O6S/c1-15-3-8-18(29(24,25)22-9-11-27-12-10-22)13-19(15)21-20(23)14-28-17-6-4-16(26-2)5-7-17/h3-8,13H,9-12,14H2,1-2H3,(H,21,23). The quantitative estimate of drug-likeness (QED) is 0.737. The van der Waals surface area contributed by atoms with Crippen LogP contribution in [-0.4, -0.2) is 58.7 Å².